The molecule has 0 unspecified atom stereocenters. The number of nitrogens with zero attached hydrogens (tertiary/aromatic N) is 1. The van der Waals surface area contributed by atoms with Crippen molar-refractivity contribution in [3.8, 4) is 5.75 Å². The first kappa shape index (κ1) is 18.5. The predicted molar refractivity (Wildman–Crippen MR) is 104 cm³/mol. The van der Waals surface area contributed by atoms with Gasteiger partial charge in [0, 0.05) is 11.1 Å². The van der Waals surface area contributed by atoms with E-state index in [4.69, 9.17) is 9.84 Å². The molecule has 0 fully saturated rings. The van der Waals surface area contributed by atoms with Gasteiger partial charge in [-0.05, 0) is 31.4 Å². The van der Waals surface area contributed by atoms with E-state index in [0.717, 1.165) is 29.9 Å². The summed E-state index contributed by atoms with van der Waals surface area (Å²) >= 11 is 2.63. The van der Waals surface area contributed by atoms with E-state index < -0.39 is 11.5 Å². The number of hydrogen-bond donors (Lipinski definition) is 2. The number of benzene rings is 1. The molecule has 3 rings (SSSR count). The van der Waals surface area contributed by atoms with Crippen LogP contribution in [0.1, 0.15) is 28.8 Å². The zero-order valence-electron chi connectivity index (χ0n) is 14.2. The highest BCUT2D eigenvalue weighted by Gasteiger charge is 2.16. The predicted octanol–water partition coefficient (Wildman–Crippen LogP) is 3.94. The SMILES string of the molecule is Cc1ccccc1OCCCCSc1nc2scc(C(=O)O)c2c(=O)[nH]1. The van der Waals surface area contributed by atoms with Crippen molar-refractivity contribution in [1.29, 1.82) is 0 Å². The van der Waals surface area contributed by atoms with Gasteiger partial charge in [0.1, 0.15) is 10.6 Å². The lowest BCUT2D eigenvalue weighted by atomic mass is 10.2. The largest absolute Gasteiger partial charge is 0.493 e. The molecule has 0 aliphatic heterocycles. The molecule has 2 aromatic heterocycles. The van der Waals surface area contributed by atoms with Crippen molar-refractivity contribution in [2.45, 2.75) is 24.9 Å². The van der Waals surface area contributed by atoms with Crippen molar-refractivity contribution in [3.63, 3.8) is 0 Å². The van der Waals surface area contributed by atoms with E-state index in [-0.39, 0.29) is 10.9 Å². The number of H-pyrrole nitrogens is 1. The van der Waals surface area contributed by atoms with Crippen molar-refractivity contribution in [2.24, 2.45) is 0 Å². The molecule has 0 aliphatic rings. The summed E-state index contributed by atoms with van der Waals surface area (Å²) in [4.78, 5) is 30.7. The first-order valence-electron chi connectivity index (χ1n) is 8.12. The molecular formula is C18H18N2O4S2. The van der Waals surface area contributed by atoms with Crippen LogP contribution in [0.25, 0.3) is 10.2 Å². The molecule has 0 saturated carbocycles. The number of carbonyl (C=O) groups is 1. The number of aromatic carboxylic acids is 1. The number of ether oxygens (including phenoxy) is 1. The van der Waals surface area contributed by atoms with Gasteiger partial charge in [0.25, 0.3) is 5.56 Å². The molecule has 0 amide bonds. The lowest BCUT2D eigenvalue weighted by molar-refractivity contribution is 0.0699. The zero-order valence-corrected chi connectivity index (χ0v) is 15.8. The standard InChI is InChI=1S/C18H18N2O4S2/c1-11-6-2-3-7-13(11)24-8-4-5-9-25-18-19-15(21)14-12(17(22)23)10-26-16(14)20-18/h2-3,6-7,10H,4-5,8-9H2,1H3,(H,22,23)(H,19,20,21). The topological polar surface area (TPSA) is 92.3 Å². The molecule has 0 spiro atoms. The van der Waals surface area contributed by atoms with Crippen molar-refractivity contribution in [2.75, 3.05) is 12.4 Å². The summed E-state index contributed by atoms with van der Waals surface area (Å²) < 4.78 is 5.75. The fraction of sp³-hybridized carbons (Fsp3) is 0.278. The number of carboxylic acids is 1. The van der Waals surface area contributed by atoms with Gasteiger partial charge in [-0.3, -0.25) is 4.79 Å². The van der Waals surface area contributed by atoms with E-state index in [2.05, 4.69) is 9.97 Å². The van der Waals surface area contributed by atoms with Crippen molar-refractivity contribution in [1.82, 2.24) is 9.97 Å². The van der Waals surface area contributed by atoms with E-state index in [1.165, 1.54) is 28.5 Å². The van der Waals surface area contributed by atoms with Gasteiger partial charge in [0.05, 0.1) is 17.6 Å². The van der Waals surface area contributed by atoms with E-state index in [1.807, 2.05) is 31.2 Å². The fourth-order valence-corrected chi connectivity index (χ4v) is 4.26. The molecular weight excluding hydrogens is 372 g/mol. The summed E-state index contributed by atoms with van der Waals surface area (Å²) in [5.41, 5.74) is 0.719. The second kappa shape index (κ2) is 8.37. The van der Waals surface area contributed by atoms with Crippen LogP contribution >= 0.6 is 23.1 Å². The van der Waals surface area contributed by atoms with E-state index in [9.17, 15) is 9.59 Å². The second-order valence-corrected chi connectivity index (χ2v) is 7.62. The third-order valence-electron chi connectivity index (χ3n) is 3.78. The van der Waals surface area contributed by atoms with Gasteiger partial charge < -0.3 is 14.8 Å². The van der Waals surface area contributed by atoms with Crippen LogP contribution in [0.2, 0.25) is 0 Å². The van der Waals surface area contributed by atoms with E-state index in [1.54, 1.807) is 0 Å². The molecule has 26 heavy (non-hydrogen) atoms. The van der Waals surface area contributed by atoms with Crippen LogP contribution < -0.4 is 10.3 Å². The number of aryl methyl sites for hydroxylation is 1. The van der Waals surface area contributed by atoms with Crippen LogP contribution in [0.15, 0.2) is 39.6 Å². The number of nitrogens with one attached hydrogen (secondary N) is 1. The van der Waals surface area contributed by atoms with E-state index >= 15 is 0 Å². The smallest absolute Gasteiger partial charge is 0.337 e. The maximum atomic E-state index is 12.1. The lowest BCUT2D eigenvalue weighted by Gasteiger charge is -2.08. The first-order valence-corrected chi connectivity index (χ1v) is 9.99. The van der Waals surface area contributed by atoms with Gasteiger partial charge in [0.15, 0.2) is 5.16 Å². The van der Waals surface area contributed by atoms with Crippen molar-refractivity contribution >= 4 is 39.3 Å². The summed E-state index contributed by atoms with van der Waals surface area (Å²) in [6, 6.07) is 7.91. The maximum Gasteiger partial charge on any atom is 0.337 e. The number of carboxylic acid groups (broad SMARTS) is 1. The highest BCUT2D eigenvalue weighted by atomic mass is 32.2. The van der Waals surface area contributed by atoms with Gasteiger partial charge >= 0.3 is 5.97 Å². The number of thiophene rings is 1. The Morgan fingerprint density at radius 3 is 2.92 bits per heavy atom. The average Bonchev–Trinajstić information content (AvgIpc) is 3.04. The van der Waals surface area contributed by atoms with Crippen LogP contribution in [-0.4, -0.2) is 33.4 Å². The molecule has 0 radical (unpaired) electrons. The molecule has 0 aliphatic carbocycles. The Bertz CT molecular complexity index is 981. The summed E-state index contributed by atoms with van der Waals surface area (Å²) in [6.07, 6.45) is 1.82. The minimum atomic E-state index is -1.11. The Labute approximate surface area is 158 Å². The monoisotopic (exact) mass is 390 g/mol. The third-order valence-corrected chi connectivity index (χ3v) is 5.61. The Morgan fingerprint density at radius 1 is 1.35 bits per heavy atom. The summed E-state index contributed by atoms with van der Waals surface area (Å²) in [5.74, 6) is 0.587. The number of para-hydroxylation sites is 1. The number of thioether (sulfide) groups is 1. The minimum Gasteiger partial charge on any atom is -0.493 e. The summed E-state index contributed by atoms with van der Waals surface area (Å²) in [7, 11) is 0. The van der Waals surface area contributed by atoms with Gasteiger partial charge in [-0.25, -0.2) is 9.78 Å². The summed E-state index contributed by atoms with van der Waals surface area (Å²) in [5, 5.41) is 11.2. The molecule has 8 heteroatoms. The van der Waals surface area contributed by atoms with Crippen molar-refractivity contribution < 1.29 is 14.6 Å². The number of aromatic nitrogens is 2. The maximum absolute atomic E-state index is 12.1. The molecule has 0 saturated heterocycles. The highest BCUT2D eigenvalue weighted by Crippen LogP contribution is 2.24. The van der Waals surface area contributed by atoms with Gasteiger partial charge in [0.2, 0.25) is 0 Å². The molecule has 2 N–H and O–H groups in total. The molecule has 0 bridgehead atoms. The zero-order chi connectivity index (χ0) is 18.5. The molecule has 3 aromatic rings. The number of unbranched alkanes of at least 4 members (excludes halogenated alkanes) is 1. The highest BCUT2D eigenvalue weighted by molar-refractivity contribution is 7.99. The van der Waals surface area contributed by atoms with Crippen molar-refractivity contribution in [3.05, 3.63) is 51.1 Å². The van der Waals surface area contributed by atoms with Gasteiger partial charge in [-0.1, -0.05) is 30.0 Å². The lowest BCUT2D eigenvalue weighted by Crippen LogP contribution is -2.11. The quantitative estimate of drug-likeness (QED) is 0.344. The van der Waals surface area contributed by atoms with Crippen LogP contribution in [0.5, 0.6) is 5.75 Å². The summed E-state index contributed by atoms with van der Waals surface area (Å²) in [6.45, 7) is 2.66. The molecule has 136 valence electrons. The number of aromatic amines is 1. The Balaban J connectivity index is 1.50. The van der Waals surface area contributed by atoms with Gasteiger partial charge in [-0.2, -0.15) is 0 Å². The molecule has 6 nitrogen and oxygen atoms in total. The van der Waals surface area contributed by atoms with Crippen LogP contribution in [0.4, 0.5) is 0 Å². The normalized spacial score (nSPS) is 11.0. The number of rotatable bonds is 8. The Morgan fingerprint density at radius 2 is 2.15 bits per heavy atom. The van der Waals surface area contributed by atoms with Gasteiger partial charge in [-0.15, -0.1) is 11.3 Å². The molecule has 1 aromatic carbocycles. The van der Waals surface area contributed by atoms with Crippen LogP contribution in [0.3, 0.4) is 0 Å². The van der Waals surface area contributed by atoms with E-state index in [0.29, 0.717) is 16.6 Å². The molecule has 2 heterocycles. The fourth-order valence-electron chi connectivity index (χ4n) is 2.43. The molecule has 0 atom stereocenters. The second-order valence-electron chi connectivity index (χ2n) is 5.68. The Hall–Kier alpha value is -2.32. The number of hydrogen-bond acceptors (Lipinski definition) is 6. The van der Waals surface area contributed by atoms with Crippen LogP contribution in [0, 0.1) is 6.92 Å². The minimum absolute atomic E-state index is 0.00338. The Kier molecular flexibility index (Phi) is 5.95. The van der Waals surface area contributed by atoms with Crippen LogP contribution in [-0.2, 0) is 0 Å². The average molecular weight is 390 g/mol. The first-order chi connectivity index (χ1) is 12.6. The number of fused-ring (bicyclic) bond motifs is 1. The third kappa shape index (κ3) is 4.25.